The van der Waals surface area contributed by atoms with Crippen LogP contribution in [0.15, 0.2) is 24.3 Å². The Hall–Kier alpha value is -1.81. The molecule has 2 aliphatic carbocycles. The number of allylic oxidation sites excluding steroid dienone is 1. The molecule has 4 nitrogen and oxygen atoms in total. The van der Waals surface area contributed by atoms with Crippen molar-refractivity contribution < 1.29 is 14.3 Å². The Balaban J connectivity index is 1.84. The summed E-state index contributed by atoms with van der Waals surface area (Å²) in [6.07, 6.45) is 6.02. The van der Waals surface area contributed by atoms with Crippen molar-refractivity contribution in [2.45, 2.75) is 24.3 Å². The number of ketones is 1. The summed E-state index contributed by atoms with van der Waals surface area (Å²) in [6.45, 7) is 1.51. The van der Waals surface area contributed by atoms with Gasteiger partial charge >= 0.3 is 0 Å². The summed E-state index contributed by atoms with van der Waals surface area (Å²) >= 11 is 0. The summed E-state index contributed by atoms with van der Waals surface area (Å²) in [5, 5.41) is 0. The Morgan fingerprint density at radius 1 is 1.39 bits per heavy atom. The van der Waals surface area contributed by atoms with E-state index in [2.05, 4.69) is 24.1 Å². The molecule has 5 rings (SSSR count). The number of nitrogens with zero attached hydrogens (tertiary/aromatic N) is 1. The fraction of sp³-hybridized carbons (Fsp3) is 0.526. The molecule has 1 spiro atoms. The van der Waals surface area contributed by atoms with Crippen molar-refractivity contribution in [1.29, 1.82) is 0 Å². The fourth-order valence-electron chi connectivity index (χ4n) is 5.55. The average Bonchev–Trinajstić information content (AvgIpc) is 2.57. The zero-order chi connectivity index (χ0) is 15.8. The normalized spacial score (nSPS) is 37.1. The van der Waals surface area contributed by atoms with Gasteiger partial charge in [-0.05, 0) is 44.1 Å². The first kappa shape index (κ1) is 13.6. The van der Waals surface area contributed by atoms with Crippen molar-refractivity contribution in [2.75, 3.05) is 27.3 Å². The van der Waals surface area contributed by atoms with E-state index in [1.54, 1.807) is 13.2 Å². The number of hydrogen-bond donors (Lipinski definition) is 0. The van der Waals surface area contributed by atoms with Gasteiger partial charge < -0.3 is 14.4 Å². The number of likely N-dealkylation sites (tertiary alicyclic amines) is 1. The molecule has 1 fully saturated rings. The van der Waals surface area contributed by atoms with Crippen LogP contribution in [-0.2, 0) is 16.6 Å². The van der Waals surface area contributed by atoms with Gasteiger partial charge in [0.05, 0.1) is 19.6 Å². The molecule has 1 saturated heterocycles. The molecule has 1 aromatic rings. The molecule has 0 N–H and O–H groups in total. The third-order valence-electron chi connectivity index (χ3n) is 6.60. The topological polar surface area (TPSA) is 38.8 Å². The number of benzene rings is 1. The molecular formula is C19H21NO3. The molecule has 23 heavy (non-hydrogen) atoms. The monoisotopic (exact) mass is 311 g/mol. The zero-order valence-corrected chi connectivity index (χ0v) is 13.5. The summed E-state index contributed by atoms with van der Waals surface area (Å²) in [6, 6.07) is 4.67. The maximum absolute atomic E-state index is 12.6. The van der Waals surface area contributed by atoms with Crippen LogP contribution < -0.4 is 9.47 Å². The van der Waals surface area contributed by atoms with Crippen LogP contribution in [0.1, 0.15) is 17.5 Å². The predicted octanol–water partition coefficient (Wildman–Crippen LogP) is 1.96. The molecule has 0 radical (unpaired) electrons. The van der Waals surface area contributed by atoms with E-state index in [1.807, 2.05) is 6.07 Å². The second-order valence-corrected chi connectivity index (χ2v) is 7.32. The Morgan fingerprint density at radius 3 is 3.09 bits per heavy atom. The van der Waals surface area contributed by atoms with Crippen LogP contribution in [0.25, 0.3) is 0 Å². The highest BCUT2D eigenvalue weighted by atomic mass is 16.5. The van der Waals surface area contributed by atoms with Crippen molar-refractivity contribution in [1.82, 2.24) is 4.90 Å². The van der Waals surface area contributed by atoms with Crippen LogP contribution in [0, 0.1) is 11.8 Å². The highest BCUT2D eigenvalue weighted by Gasteiger charge is 2.61. The molecule has 0 aromatic heterocycles. The van der Waals surface area contributed by atoms with Crippen LogP contribution in [0.4, 0.5) is 0 Å². The first-order valence-corrected chi connectivity index (χ1v) is 8.42. The molecule has 4 atom stereocenters. The summed E-state index contributed by atoms with van der Waals surface area (Å²) < 4.78 is 11.6. The zero-order valence-electron chi connectivity index (χ0n) is 13.5. The molecule has 0 amide bonds. The first-order chi connectivity index (χ1) is 11.2. The van der Waals surface area contributed by atoms with Crippen molar-refractivity contribution >= 4 is 5.78 Å². The van der Waals surface area contributed by atoms with Crippen LogP contribution in [0.3, 0.4) is 0 Å². The number of methoxy groups -OCH3 is 1. The number of carbonyl (C=O) groups is 1. The van der Waals surface area contributed by atoms with Gasteiger partial charge in [0.1, 0.15) is 0 Å². The minimum absolute atomic E-state index is 0.0487. The maximum atomic E-state index is 12.6. The van der Waals surface area contributed by atoms with Crippen LogP contribution >= 0.6 is 0 Å². The Bertz CT molecular complexity index is 740. The lowest BCUT2D eigenvalue weighted by Gasteiger charge is -2.60. The summed E-state index contributed by atoms with van der Waals surface area (Å²) in [5.74, 6) is 2.26. The molecule has 4 aliphatic rings. The summed E-state index contributed by atoms with van der Waals surface area (Å²) in [5.41, 5.74) is 2.50. The molecule has 4 heteroatoms. The van der Waals surface area contributed by atoms with Crippen LogP contribution in [0.5, 0.6) is 11.5 Å². The van der Waals surface area contributed by atoms with Gasteiger partial charge in [0, 0.05) is 22.9 Å². The molecule has 2 bridgehead atoms. The van der Waals surface area contributed by atoms with Crippen molar-refractivity contribution in [2.24, 2.45) is 11.8 Å². The molecule has 2 heterocycles. The van der Waals surface area contributed by atoms with Crippen molar-refractivity contribution in [3.8, 4) is 11.5 Å². The number of likely N-dealkylation sites (N-methyl/N-ethyl adjacent to an activating group) is 1. The van der Waals surface area contributed by atoms with Gasteiger partial charge in [-0.2, -0.15) is 0 Å². The molecule has 2 aliphatic heterocycles. The Kier molecular flexibility index (Phi) is 2.59. The average molecular weight is 311 g/mol. The van der Waals surface area contributed by atoms with E-state index in [4.69, 9.17) is 9.47 Å². The highest BCUT2D eigenvalue weighted by Crippen LogP contribution is 2.61. The van der Waals surface area contributed by atoms with Gasteiger partial charge in [0.15, 0.2) is 17.3 Å². The minimum Gasteiger partial charge on any atom is -0.493 e. The van der Waals surface area contributed by atoms with Crippen LogP contribution in [-0.4, -0.2) is 44.0 Å². The third-order valence-corrected chi connectivity index (χ3v) is 6.60. The smallest absolute Gasteiger partial charge is 0.165 e. The fourth-order valence-corrected chi connectivity index (χ4v) is 5.55. The first-order valence-electron chi connectivity index (χ1n) is 8.42. The van der Waals surface area contributed by atoms with Crippen LogP contribution in [0.2, 0.25) is 0 Å². The second kappa shape index (κ2) is 4.38. The lowest BCUT2D eigenvalue weighted by atomic mass is 9.49. The number of carbonyl (C=O) groups excluding carboxylic acids is 1. The third kappa shape index (κ3) is 1.48. The van der Waals surface area contributed by atoms with E-state index in [9.17, 15) is 4.79 Å². The molecule has 120 valence electrons. The predicted molar refractivity (Wildman–Crippen MR) is 86.0 cm³/mol. The van der Waals surface area contributed by atoms with Gasteiger partial charge in [-0.3, -0.25) is 4.79 Å². The number of ether oxygens (including phenoxy) is 2. The van der Waals surface area contributed by atoms with E-state index in [-0.39, 0.29) is 17.1 Å². The summed E-state index contributed by atoms with van der Waals surface area (Å²) in [7, 11) is 3.90. The standard InChI is InChI=1S/C19H21NO3/c1-20-8-7-19-12-4-5-15(21)13(19)10-23-18-16(22-2)6-3-11(17(18)19)9-14(12)20/h3-6,12-14H,7-10H2,1-2H3/t12-,13-,14+,19+/m0/s1. The van der Waals surface area contributed by atoms with E-state index >= 15 is 0 Å². The van der Waals surface area contributed by atoms with Gasteiger partial charge in [-0.15, -0.1) is 0 Å². The number of rotatable bonds is 1. The summed E-state index contributed by atoms with van der Waals surface area (Å²) in [4.78, 5) is 15.1. The van der Waals surface area contributed by atoms with E-state index in [0.717, 1.165) is 30.9 Å². The molecule has 1 aromatic carbocycles. The van der Waals surface area contributed by atoms with E-state index in [0.29, 0.717) is 18.6 Å². The number of hydrogen-bond acceptors (Lipinski definition) is 4. The lowest BCUT2D eigenvalue weighted by molar-refractivity contribution is -0.128. The lowest BCUT2D eigenvalue weighted by Crippen LogP contribution is -2.65. The Labute approximate surface area is 136 Å². The Morgan fingerprint density at radius 2 is 2.26 bits per heavy atom. The second-order valence-electron chi connectivity index (χ2n) is 7.32. The quantitative estimate of drug-likeness (QED) is 0.795. The van der Waals surface area contributed by atoms with Gasteiger partial charge in [0.2, 0.25) is 0 Å². The molecular weight excluding hydrogens is 290 g/mol. The minimum atomic E-state index is -0.0985. The van der Waals surface area contributed by atoms with Gasteiger partial charge in [-0.1, -0.05) is 12.1 Å². The van der Waals surface area contributed by atoms with Gasteiger partial charge in [0.25, 0.3) is 0 Å². The van der Waals surface area contributed by atoms with E-state index in [1.165, 1.54) is 11.1 Å². The molecule has 0 saturated carbocycles. The van der Waals surface area contributed by atoms with Crippen molar-refractivity contribution in [3.63, 3.8) is 0 Å². The molecule has 0 unspecified atom stereocenters. The highest BCUT2D eigenvalue weighted by molar-refractivity contribution is 5.95. The number of piperidine rings is 1. The van der Waals surface area contributed by atoms with Gasteiger partial charge in [-0.25, -0.2) is 0 Å². The largest absolute Gasteiger partial charge is 0.493 e. The van der Waals surface area contributed by atoms with Crippen molar-refractivity contribution in [3.05, 3.63) is 35.4 Å². The maximum Gasteiger partial charge on any atom is 0.165 e. The van der Waals surface area contributed by atoms with E-state index < -0.39 is 0 Å². The SMILES string of the molecule is COc1ccc2c3c1OC[C@H]1C(=O)C=C[C@H]4[C@@H](C2)N(C)CC[C@]314.